The van der Waals surface area contributed by atoms with Gasteiger partial charge in [0.15, 0.2) is 0 Å². The van der Waals surface area contributed by atoms with Crippen molar-refractivity contribution in [3.05, 3.63) is 11.9 Å². The summed E-state index contributed by atoms with van der Waals surface area (Å²) in [4.78, 5) is 8.88. The number of hydrogen-bond acceptors (Lipinski definition) is 5. The second-order valence-corrected chi connectivity index (χ2v) is 5.08. The van der Waals surface area contributed by atoms with Crippen LogP contribution >= 0.6 is 0 Å². The Labute approximate surface area is 121 Å². The molecular weight excluding hydrogens is 254 g/mol. The fraction of sp³-hybridized carbons (Fsp3) is 0.733. The lowest BCUT2D eigenvalue weighted by molar-refractivity contribution is 0.120. The van der Waals surface area contributed by atoms with Gasteiger partial charge in [0.2, 0.25) is 5.88 Å². The Morgan fingerprint density at radius 1 is 1.40 bits per heavy atom. The minimum Gasteiger partial charge on any atom is -0.478 e. The van der Waals surface area contributed by atoms with Crippen LogP contribution in [-0.2, 0) is 11.2 Å². The molecule has 112 valence electrons. The van der Waals surface area contributed by atoms with E-state index in [0.717, 1.165) is 56.9 Å². The number of unbranched alkanes of at least 4 members (excludes halogenated alkanes) is 1. The first-order chi connectivity index (χ1) is 9.81. The largest absolute Gasteiger partial charge is 0.478 e. The van der Waals surface area contributed by atoms with Crippen LogP contribution < -0.4 is 10.1 Å². The van der Waals surface area contributed by atoms with Crippen molar-refractivity contribution in [2.75, 3.05) is 25.1 Å². The third kappa shape index (κ3) is 4.63. The smallest absolute Gasteiger partial charge is 0.218 e. The Balaban J connectivity index is 1.93. The van der Waals surface area contributed by atoms with Crippen LogP contribution in [0, 0.1) is 0 Å². The lowest BCUT2D eigenvalue weighted by Crippen LogP contribution is -2.19. The van der Waals surface area contributed by atoms with Gasteiger partial charge in [-0.3, -0.25) is 0 Å². The second kappa shape index (κ2) is 8.04. The van der Waals surface area contributed by atoms with E-state index in [9.17, 15) is 0 Å². The van der Waals surface area contributed by atoms with Gasteiger partial charge < -0.3 is 14.8 Å². The van der Waals surface area contributed by atoms with Crippen LogP contribution in [0.4, 0.5) is 5.82 Å². The molecular formula is C15H25N3O2. The molecule has 1 saturated heterocycles. The molecule has 0 aliphatic carbocycles. The van der Waals surface area contributed by atoms with E-state index in [-0.39, 0.29) is 0 Å². The van der Waals surface area contributed by atoms with E-state index in [1.807, 2.05) is 6.07 Å². The Morgan fingerprint density at radius 2 is 2.30 bits per heavy atom. The van der Waals surface area contributed by atoms with Crippen molar-refractivity contribution >= 4 is 5.82 Å². The minimum absolute atomic E-state index is 0.305. The Morgan fingerprint density at radius 3 is 3.00 bits per heavy atom. The molecule has 2 heterocycles. The molecule has 0 radical (unpaired) electrons. The molecule has 0 bridgehead atoms. The normalized spacial score (nSPS) is 18.2. The van der Waals surface area contributed by atoms with Crippen LogP contribution in [0.15, 0.2) is 6.07 Å². The summed E-state index contributed by atoms with van der Waals surface area (Å²) in [7, 11) is 0. The monoisotopic (exact) mass is 279 g/mol. The zero-order chi connectivity index (χ0) is 14.2. The fourth-order valence-corrected chi connectivity index (χ4v) is 2.14. The first-order valence-electron chi connectivity index (χ1n) is 7.68. The van der Waals surface area contributed by atoms with E-state index < -0.39 is 0 Å². The maximum absolute atomic E-state index is 5.68. The number of aromatic nitrogens is 2. The highest BCUT2D eigenvalue weighted by Crippen LogP contribution is 2.17. The molecule has 20 heavy (non-hydrogen) atoms. The van der Waals surface area contributed by atoms with Gasteiger partial charge in [-0.05, 0) is 19.3 Å². The first-order valence-corrected chi connectivity index (χ1v) is 7.68. The minimum atomic E-state index is 0.305. The van der Waals surface area contributed by atoms with Gasteiger partial charge in [-0.1, -0.05) is 20.3 Å². The van der Waals surface area contributed by atoms with Crippen molar-refractivity contribution in [1.29, 1.82) is 0 Å². The van der Waals surface area contributed by atoms with E-state index in [1.165, 1.54) is 0 Å². The maximum atomic E-state index is 5.68. The zero-order valence-corrected chi connectivity index (χ0v) is 12.5. The van der Waals surface area contributed by atoms with Crippen LogP contribution in [0.5, 0.6) is 5.88 Å². The van der Waals surface area contributed by atoms with Crippen molar-refractivity contribution in [3.8, 4) is 5.88 Å². The predicted octanol–water partition coefficient (Wildman–Crippen LogP) is 2.81. The summed E-state index contributed by atoms with van der Waals surface area (Å²) in [5.74, 6) is 2.31. The molecule has 1 N–H and O–H groups in total. The molecule has 5 nitrogen and oxygen atoms in total. The number of hydrogen-bond donors (Lipinski definition) is 1. The quantitative estimate of drug-likeness (QED) is 0.742. The second-order valence-electron chi connectivity index (χ2n) is 5.08. The predicted molar refractivity (Wildman–Crippen MR) is 79.3 cm³/mol. The number of anilines is 1. The topological polar surface area (TPSA) is 56.3 Å². The zero-order valence-electron chi connectivity index (χ0n) is 12.5. The average molecular weight is 279 g/mol. The van der Waals surface area contributed by atoms with Crippen LogP contribution in [0.3, 0.4) is 0 Å². The van der Waals surface area contributed by atoms with Gasteiger partial charge in [0.1, 0.15) is 11.6 Å². The van der Waals surface area contributed by atoms with E-state index in [0.29, 0.717) is 18.6 Å². The summed E-state index contributed by atoms with van der Waals surface area (Å²) < 4.78 is 11.3. The van der Waals surface area contributed by atoms with E-state index >= 15 is 0 Å². The molecule has 0 spiro atoms. The molecule has 1 atom stereocenters. The summed E-state index contributed by atoms with van der Waals surface area (Å²) >= 11 is 0. The molecule has 1 aromatic rings. The first kappa shape index (κ1) is 15.0. The van der Waals surface area contributed by atoms with Crippen LogP contribution in [0.1, 0.15) is 45.4 Å². The molecule has 0 saturated carbocycles. The molecule has 1 unspecified atom stereocenters. The number of nitrogens with one attached hydrogen (secondary N) is 1. The Hall–Kier alpha value is -1.36. The van der Waals surface area contributed by atoms with Crippen molar-refractivity contribution in [1.82, 2.24) is 9.97 Å². The van der Waals surface area contributed by atoms with Gasteiger partial charge in [-0.2, -0.15) is 4.98 Å². The third-order valence-corrected chi connectivity index (χ3v) is 3.35. The summed E-state index contributed by atoms with van der Waals surface area (Å²) in [6.07, 6.45) is 5.55. The number of ether oxygens (including phenoxy) is 2. The standard InChI is InChI=1S/C15H25N3O2/c1-3-5-8-20-15-10-14(17-13(4-2)18-15)16-11-12-7-6-9-19-12/h10,12H,3-9,11H2,1-2H3,(H,16,17,18). The van der Waals surface area contributed by atoms with Crippen LogP contribution in [0.25, 0.3) is 0 Å². The van der Waals surface area contributed by atoms with Gasteiger partial charge in [0.25, 0.3) is 0 Å². The fourth-order valence-electron chi connectivity index (χ4n) is 2.14. The molecule has 1 aromatic heterocycles. The van der Waals surface area contributed by atoms with Gasteiger partial charge in [0.05, 0.1) is 12.7 Å². The molecule has 2 rings (SSSR count). The van der Waals surface area contributed by atoms with Crippen LogP contribution in [0.2, 0.25) is 0 Å². The number of nitrogens with zero attached hydrogens (tertiary/aromatic N) is 2. The van der Waals surface area contributed by atoms with Crippen LogP contribution in [-0.4, -0.2) is 35.8 Å². The summed E-state index contributed by atoms with van der Waals surface area (Å²) in [6, 6.07) is 1.88. The van der Waals surface area contributed by atoms with Crippen molar-refractivity contribution < 1.29 is 9.47 Å². The molecule has 1 fully saturated rings. The van der Waals surface area contributed by atoms with Gasteiger partial charge >= 0.3 is 0 Å². The molecule has 0 aromatic carbocycles. The molecule has 1 aliphatic heterocycles. The molecule has 0 amide bonds. The maximum Gasteiger partial charge on any atom is 0.218 e. The highest BCUT2D eigenvalue weighted by molar-refractivity contribution is 5.38. The third-order valence-electron chi connectivity index (χ3n) is 3.35. The van der Waals surface area contributed by atoms with Gasteiger partial charge in [-0.15, -0.1) is 0 Å². The summed E-state index contributed by atoms with van der Waals surface area (Å²) in [5, 5.41) is 3.34. The van der Waals surface area contributed by atoms with Crippen molar-refractivity contribution in [2.24, 2.45) is 0 Å². The lowest BCUT2D eigenvalue weighted by Gasteiger charge is -2.13. The Bertz CT molecular complexity index is 406. The molecule has 5 heteroatoms. The van der Waals surface area contributed by atoms with E-state index in [1.54, 1.807) is 0 Å². The molecule has 1 aliphatic rings. The average Bonchev–Trinajstić information content (AvgIpc) is 2.98. The SMILES string of the molecule is CCCCOc1cc(NCC2CCCO2)nc(CC)n1. The highest BCUT2D eigenvalue weighted by Gasteiger charge is 2.15. The van der Waals surface area contributed by atoms with Crippen molar-refractivity contribution in [3.63, 3.8) is 0 Å². The van der Waals surface area contributed by atoms with E-state index in [4.69, 9.17) is 9.47 Å². The highest BCUT2D eigenvalue weighted by atomic mass is 16.5. The summed E-state index contributed by atoms with van der Waals surface area (Å²) in [6.45, 7) is 6.59. The Kier molecular flexibility index (Phi) is 6.05. The van der Waals surface area contributed by atoms with Gasteiger partial charge in [0, 0.05) is 25.6 Å². The van der Waals surface area contributed by atoms with Gasteiger partial charge in [-0.25, -0.2) is 4.98 Å². The van der Waals surface area contributed by atoms with Crippen molar-refractivity contribution in [2.45, 2.75) is 52.1 Å². The lowest BCUT2D eigenvalue weighted by atomic mass is 10.2. The summed E-state index contributed by atoms with van der Waals surface area (Å²) in [5.41, 5.74) is 0. The number of aryl methyl sites for hydroxylation is 1. The number of rotatable bonds is 8. The van der Waals surface area contributed by atoms with E-state index in [2.05, 4.69) is 29.1 Å².